The lowest BCUT2D eigenvalue weighted by atomic mass is 10.00. The second-order valence-corrected chi connectivity index (χ2v) is 7.53. The normalized spacial score (nSPS) is 15.1. The van der Waals surface area contributed by atoms with Gasteiger partial charge in [-0.25, -0.2) is 8.42 Å². The van der Waals surface area contributed by atoms with Crippen LogP contribution in [0.1, 0.15) is 24.2 Å². The van der Waals surface area contributed by atoms with Gasteiger partial charge in [0.25, 0.3) is 0 Å². The molecule has 0 amide bonds. The molecule has 1 aromatic carbocycles. The number of rotatable bonds is 3. The smallest absolute Gasteiger partial charge is 0.183 e. The molecule has 0 bridgehead atoms. The fourth-order valence-corrected chi connectivity index (χ4v) is 2.16. The second-order valence-electron chi connectivity index (χ2n) is 4.97. The van der Waals surface area contributed by atoms with E-state index >= 15 is 0 Å². The van der Waals surface area contributed by atoms with Gasteiger partial charge in [0.15, 0.2) is 27.1 Å². The van der Waals surface area contributed by atoms with Gasteiger partial charge in [0, 0.05) is 11.8 Å². The van der Waals surface area contributed by atoms with Gasteiger partial charge in [-0.2, -0.15) is 0 Å². The van der Waals surface area contributed by atoms with Gasteiger partial charge in [-0.3, -0.25) is 4.79 Å². The highest BCUT2D eigenvalue weighted by atomic mass is 32.2. The molecule has 0 atom stereocenters. The topological polar surface area (TPSA) is 69.7 Å². The van der Waals surface area contributed by atoms with Crippen molar-refractivity contribution in [2.75, 3.05) is 19.5 Å². The molecule has 0 saturated carbocycles. The summed E-state index contributed by atoms with van der Waals surface area (Å²) in [4.78, 5) is 12.3. The number of benzene rings is 1. The van der Waals surface area contributed by atoms with E-state index in [0.29, 0.717) is 30.3 Å². The number of fused-ring (bicyclic) bond motifs is 1. The van der Waals surface area contributed by atoms with Gasteiger partial charge >= 0.3 is 0 Å². The quantitative estimate of drug-likeness (QED) is 0.786. The molecule has 2 rings (SSSR count). The zero-order valence-electron chi connectivity index (χ0n) is 11.1. The highest BCUT2D eigenvalue weighted by molar-refractivity contribution is 7.92. The molecular weight excluding hydrogens is 268 g/mol. The van der Waals surface area contributed by atoms with Crippen LogP contribution >= 0.6 is 0 Å². The Morgan fingerprint density at radius 1 is 1.16 bits per heavy atom. The molecule has 0 aliphatic carbocycles. The third-order valence-electron chi connectivity index (χ3n) is 3.28. The van der Waals surface area contributed by atoms with Crippen LogP contribution in [0, 0.1) is 0 Å². The summed E-state index contributed by atoms with van der Waals surface area (Å²) in [6.45, 7) is 3.69. The van der Waals surface area contributed by atoms with E-state index in [-0.39, 0.29) is 0 Å². The minimum Gasteiger partial charge on any atom is -0.486 e. The molecule has 104 valence electrons. The summed E-state index contributed by atoms with van der Waals surface area (Å²) in [5.41, 5.74) is 0.305. The Kier molecular flexibility index (Phi) is 3.30. The number of Topliss-reactive ketones (excluding diaryl/α,β-unsaturated/α-hetero) is 1. The van der Waals surface area contributed by atoms with Crippen molar-refractivity contribution in [3.05, 3.63) is 23.8 Å². The number of carbonyl (C=O) groups is 1. The van der Waals surface area contributed by atoms with Crippen LogP contribution in [0.4, 0.5) is 0 Å². The molecule has 0 fully saturated rings. The summed E-state index contributed by atoms with van der Waals surface area (Å²) in [5.74, 6) is 0.591. The third-order valence-corrected chi connectivity index (χ3v) is 5.32. The number of ketones is 1. The van der Waals surface area contributed by atoms with Gasteiger partial charge in [0.1, 0.15) is 18.0 Å². The van der Waals surface area contributed by atoms with E-state index < -0.39 is 20.4 Å². The first-order chi connectivity index (χ1) is 8.73. The van der Waals surface area contributed by atoms with Crippen molar-refractivity contribution < 1.29 is 22.7 Å². The van der Waals surface area contributed by atoms with Crippen LogP contribution in [-0.2, 0) is 9.84 Å². The Morgan fingerprint density at radius 3 is 2.32 bits per heavy atom. The number of hydrogen-bond donors (Lipinski definition) is 0. The lowest BCUT2D eigenvalue weighted by Gasteiger charge is -2.23. The van der Waals surface area contributed by atoms with Crippen molar-refractivity contribution in [3.8, 4) is 11.5 Å². The highest BCUT2D eigenvalue weighted by Crippen LogP contribution is 2.32. The SMILES string of the molecule is CC(C)(C(=O)c1ccc2c(c1)OCCO2)S(C)(=O)=O. The minimum atomic E-state index is -3.49. The first kappa shape index (κ1) is 13.9. The van der Waals surface area contributed by atoms with E-state index in [1.54, 1.807) is 12.1 Å². The van der Waals surface area contributed by atoms with Crippen LogP contribution in [0.25, 0.3) is 0 Å². The maximum absolute atomic E-state index is 12.3. The predicted octanol–water partition coefficient (Wildman–Crippen LogP) is 1.46. The first-order valence-electron chi connectivity index (χ1n) is 5.87. The molecule has 6 heteroatoms. The van der Waals surface area contributed by atoms with E-state index in [4.69, 9.17) is 9.47 Å². The van der Waals surface area contributed by atoms with Crippen molar-refractivity contribution in [1.82, 2.24) is 0 Å². The van der Waals surface area contributed by atoms with Crippen molar-refractivity contribution in [3.63, 3.8) is 0 Å². The molecule has 1 aliphatic heterocycles. The number of carbonyl (C=O) groups excluding carboxylic acids is 1. The fraction of sp³-hybridized carbons (Fsp3) is 0.462. The summed E-state index contributed by atoms with van der Waals surface area (Å²) < 4.78 is 32.6. The lowest BCUT2D eigenvalue weighted by molar-refractivity contribution is 0.0953. The van der Waals surface area contributed by atoms with Crippen molar-refractivity contribution in [1.29, 1.82) is 0 Å². The maximum atomic E-state index is 12.3. The molecule has 0 saturated heterocycles. The minimum absolute atomic E-state index is 0.305. The Bertz CT molecular complexity index is 616. The van der Waals surface area contributed by atoms with Crippen molar-refractivity contribution in [2.45, 2.75) is 18.6 Å². The summed E-state index contributed by atoms with van der Waals surface area (Å²) >= 11 is 0. The standard InChI is InChI=1S/C13H16O5S/c1-13(2,19(3,15)16)12(14)9-4-5-10-11(8-9)18-7-6-17-10/h4-5,8H,6-7H2,1-3H3. The van der Waals surface area contributed by atoms with E-state index in [1.807, 2.05) is 0 Å². The Balaban J connectivity index is 2.40. The van der Waals surface area contributed by atoms with Crippen LogP contribution in [0.5, 0.6) is 11.5 Å². The second kappa shape index (κ2) is 4.52. The van der Waals surface area contributed by atoms with Crippen LogP contribution in [0.3, 0.4) is 0 Å². The zero-order valence-corrected chi connectivity index (χ0v) is 11.9. The molecule has 0 radical (unpaired) electrons. The summed E-state index contributed by atoms with van der Waals surface area (Å²) in [5, 5.41) is 0. The molecule has 5 nitrogen and oxygen atoms in total. The molecule has 0 aromatic heterocycles. The molecule has 1 aromatic rings. The Morgan fingerprint density at radius 2 is 1.74 bits per heavy atom. The molecule has 19 heavy (non-hydrogen) atoms. The van der Waals surface area contributed by atoms with E-state index in [0.717, 1.165) is 6.26 Å². The average Bonchev–Trinajstić information content (AvgIpc) is 2.36. The summed E-state index contributed by atoms with van der Waals surface area (Å²) in [7, 11) is -3.49. The Labute approximate surface area is 112 Å². The zero-order chi connectivity index (χ0) is 14.3. The van der Waals surface area contributed by atoms with Crippen LogP contribution in [-0.4, -0.2) is 38.4 Å². The number of sulfone groups is 1. The van der Waals surface area contributed by atoms with Gasteiger partial charge in [0.2, 0.25) is 0 Å². The monoisotopic (exact) mass is 284 g/mol. The molecule has 1 aliphatic rings. The molecular formula is C13H16O5S. The number of ether oxygens (including phenoxy) is 2. The maximum Gasteiger partial charge on any atom is 0.183 e. The average molecular weight is 284 g/mol. The van der Waals surface area contributed by atoms with E-state index in [9.17, 15) is 13.2 Å². The van der Waals surface area contributed by atoms with Gasteiger partial charge in [-0.1, -0.05) is 0 Å². The molecule has 0 unspecified atom stereocenters. The van der Waals surface area contributed by atoms with Gasteiger partial charge < -0.3 is 9.47 Å². The first-order valence-corrected chi connectivity index (χ1v) is 7.76. The van der Waals surface area contributed by atoms with Crippen molar-refractivity contribution >= 4 is 15.6 Å². The van der Waals surface area contributed by atoms with Gasteiger partial charge in [-0.05, 0) is 32.0 Å². The third kappa shape index (κ3) is 2.45. The molecule has 0 spiro atoms. The highest BCUT2D eigenvalue weighted by Gasteiger charge is 2.39. The summed E-state index contributed by atoms with van der Waals surface area (Å²) in [6, 6.07) is 4.71. The number of hydrogen-bond acceptors (Lipinski definition) is 5. The van der Waals surface area contributed by atoms with Crippen LogP contribution < -0.4 is 9.47 Å². The van der Waals surface area contributed by atoms with Gasteiger partial charge in [0.05, 0.1) is 0 Å². The van der Waals surface area contributed by atoms with Gasteiger partial charge in [-0.15, -0.1) is 0 Å². The lowest BCUT2D eigenvalue weighted by Crippen LogP contribution is -2.40. The van der Waals surface area contributed by atoms with E-state index in [2.05, 4.69) is 0 Å². The summed E-state index contributed by atoms with van der Waals surface area (Å²) in [6.07, 6.45) is 1.06. The van der Waals surface area contributed by atoms with Crippen LogP contribution in [0.2, 0.25) is 0 Å². The van der Waals surface area contributed by atoms with E-state index in [1.165, 1.54) is 19.9 Å². The van der Waals surface area contributed by atoms with Crippen LogP contribution in [0.15, 0.2) is 18.2 Å². The largest absolute Gasteiger partial charge is 0.486 e. The molecule has 0 N–H and O–H groups in total. The van der Waals surface area contributed by atoms with Crippen molar-refractivity contribution in [2.24, 2.45) is 0 Å². The predicted molar refractivity (Wildman–Crippen MR) is 70.7 cm³/mol. The molecule has 1 heterocycles. The Hall–Kier alpha value is -1.56. The fourth-order valence-electron chi connectivity index (χ4n) is 1.70.